The molecule has 0 spiro atoms. The third-order valence-electron chi connectivity index (χ3n) is 2.67. The Labute approximate surface area is 100.0 Å². The molecule has 1 fully saturated rings. The van der Waals surface area contributed by atoms with E-state index in [0.717, 1.165) is 5.69 Å². The molecular weight excluding hydrogens is 220 g/mol. The maximum absolute atomic E-state index is 11.8. The Kier molecular flexibility index (Phi) is 3.82. The molecule has 1 amide bonds. The lowest BCUT2D eigenvalue weighted by Gasteiger charge is -2.27. The summed E-state index contributed by atoms with van der Waals surface area (Å²) in [5, 5.41) is 12.1. The van der Waals surface area contributed by atoms with Crippen molar-refractivity contribution in [3.63, 3.8) is 0 Å². The highest BCUT2D eigenvalue weighted by Crippen LogP contribution is 2.13. The van der Waals surface area contributed by atoms with Crippen LogP contribution in [0.2, 0.25) is 0 Å². The van der Waals surface area contributed by atoms with Crippen molar-refractivity contribution in [3.05, 3.63) is 24.3 Å². The summed E-state index contributed by atoms with van der Waals surface area (Å²) in [6.07, 6.45) is 0. The normalized spacial score (nSPS) is 15.6. The first-order valence-corrected chi connectivity index (χ1v) is 5.64. The third kappa shape index (κ3) is 3.35. The van der Waals surface area contributed by atoms with E-state index in [2.05, 4.69) is 5.32 Å². The summed E-state index contributed by atoms with van der Waals surface area (Å²) >= 11 is 0. The number of phenols is 1. The minimum atomic E-state index is 0.0707. The smallest absolute Gasteiger partial charge is 0.242 e. The van der Waals surface area contributed by atoms with Crippen molar-refractivity contribution >= 4 is 11.6 Å². The minimum Gasteiger partial charge on any atom is -0.508 e. The molecule has 1 aromatic carbocycles. The Morgan fingerprint density at radius 3 is 2.59 bits per heavy atom. The van der Waals surface area contributed by atoms with Crippen molar-refractivity contribution in [1.82, 2.24) is 4.90 Å². The zero-order valence-electron chi connectivity index (χ0n) is 9.56. The number of rotatable bonds is 3. The minimum absolute atomic E-state index is 0.0707. The van der Waals surface area contributed by atoms with Gasteiger partial charge < -0.3 is 20.1 Å². The van der Waals surface area contributed by atoms with Gasteiger partial charge in [-0.25, -0.2) is 0 Å². The number of phenolic OH excluding ortho intramolecular Hbond substituents is 1. The molecule has 0 aliphatic carbocycles. The molecule has 17 heavy (non-hydrogen) atoms. The molecule has 0 radical (unpaired) electrons. The maximum atomic E-state index is 11.8. The molecule has 5 nitrogen and oxygen atoms in total. The van der Waals surface area contributed by atoms with Crippen molar-refractivity contribution in [3.8, 4) is 5.75 Å². The Morgan fingerprint density at radius 1 is 1.29 bits per heavy atom. The van der Waals surface area contributed by atoms with Crippen molar-refractivity contribution < 1.29 is 14.6 Å². The fourth-order valence-electron chi connectivity index (χ4n) is 1.68. The van der Waals surface area contributed by atoms with Crippen LogP contribution in [0.1, 0.15) is 0 Å². The van der Waals surface area contributed by atoms with Crippen LogP contribution in [0.15, 0.2) is 24.3 Å². The molecule has 0 unspecified atom stereocenters. The number of aromatic hydroxyl groups is 1. The van der Waals surface area contributed by atoms with Crippen LogP contribution in [0.5, 0.6) is 5.75 Å². The Bertz CT molecular complexity index is 372. The second-order valence-electron chi connectivity index (χ2n) is 3.89. The predicted molar refractivity (Wildman–Crippen MR) is 64.0 cm³/mol. The highest BCUT2D eigenvalue weighted by atomic mass is 16.5. The van der Waals surface area contributed by atoms with Gasteiger partial charge in [-0.15, -0.1) is 0 Å². The first-order chi connectivity index (χ1) is 8.25. The lowest BCUT2D eigenvalue weighted by Crippen LogP contribution is -2.43. The van der Waals surface area contributed by atoms with Crippen LogP contribution < -0.4 is 5.32 Å². The fourth-order valence-corrected chi connectivity index (χ4v) is 1.68. The molecule has 1 saturated heterocycles. The number of hydrogen-bond donors (Lipinski definition) is 2. The van der Waals surface area contributed by atoms with Crippen LogP contribution in [0.25, 0.3) is 0 Å². The molecule has 0 aromatic heterocycles. The average Bonchev–Trinajstić information content (AvgIpc) is 2.39. The fraction of sp³-hybridized carbons (Fsp3) is 0.417. The van der Waals surface area contributed by atoms with Gasteiger partial charge in [0.25, 0.3) is 0 Å². The molecule has 0 atom stereocenters. The summed E-state index contributed by atoms with van der Waals surface area (Å²) in [4.78, 5) is 13.6. The Balaban J connectivity index is 1.81. The first-order valence-electron chi connectivity index (χ1n) is 5.64. The zero-order valence-corrected chi connectivity index (χ0v) is 9.56. The van der Waals surface area contributed by atoms with Crippen LogP contribution in [-0.4, -0.2) is 48.8 Å². The molecule has 1 aliphatic heterocycles. The van der Waals surface area contributed by atoms with Gasteiger partial charge in [-0.1, -0.05) is 0 Å². The highest BCUT2D eigenvalue weighted by molar-refractivity contribution is 5.81. The zero-order chi connectivity index (χ0) is 12.1. The number of hydrogen-bond acceptors (Lipinski definition) is 4. The van der Waals surface area contributed by atoms with Crippen LogP contribution in [0, 0.1) is 0 Å². The third-order valence-corrected chi connectivity index (χ3v) is 2.67. The molecule has 1 heterocycles. The molecule has 92 valence electrons. The van der Waals surface area contributed by atoms with Crippen LogP contribution >= 0.6 is 0 Å². The van der Waals surface area contributed by atoms with E-state index < -0.39 is 0 Å². The summed E-state index contributed by atoms with van der Waals surface area (Å²) in [6.45, 7) is 2.83. The molecular formula is C12H16N2O3. The number of ether oxygens (including phenoxy) is 1. The predicted octanol–water partition coefficient (Wildman–Crippen LogP) is 0.663. The molecule has 2 rings (SSSR count). The van der Waals surface area contributed by atoms with Gasteiger partial charge in [0.05, 0.1) is 19.8 Å². The molecule has 1 aromatic rings. The quantitative estimate of drug-likeness (QED) is 0.757. The standard InChI is InChI=1S/C12H16N2O3/c15-11-3-1-10(2-4-11)13-9-12(16)14-5-7-17-8-6-14/h1-4,13,15H,5-9H2. The van der Waals surface area contributed by atoms with E-state index in [9.17, 15) is 4.79 Å². The Morgan fingerprint density at radius 2 is 1.94 bits per heavy atom. The van der Waals surface area contributed by atoms with E-state index in [1.807, 2.05) is 0 Å². The molecule has 5 heteroatoms. The van der Waals surface area contributed by atoms with E-state index in [4.69, 9.17) is 9.84 Å². The van der Waals surface area contributed by atoms with Crippen LogP contribution in [-0.2, 0) is 9.53 Å². The lowest BCUT2D eigenvalue weighted by molar-refractivity contribution is -0.133. The van der Waals surface area contributed by atoms with Gasteiger partial charge >= 0.3 is 0 Å². The second kappa shape index (κ2) is 5.54. The van der Waals surface area contributed by atoms with E-state index in [1.165, 1.54) is 0 Å². The van der Waals surface area contributed by atoms with Gasteiger partial charge in [0.1, 0.15) is 5.75 Å². The molecule has 0 bridgehead atoms. The number of benzene rings is 1. The summed E-state index contributed by atoms with van der Waals surface area (Å²) in [6, 6.07) is 6.65. The number of amides is 1. The number of anilines is 1. The Hall–Kier alpha value is -1.75. The number of nitrogens with zero attached hydrogens (tertiary/aromatic N) is 1. The average molecular weight is 236 g/mol. The molecule has 0 saturated carbocycles. The van der Waals surface area contributed by atoms with Gasteiger partial charge in [-0.3, -0.25) is 4.79 Å². The van der Waals surface area contributed by atoms with Crippen molar-refractivity contribution in [2.75, 3.05) is 38.2 Å². The maximum Gasteiger partial charge on any atom is 0.242 e. The summed E-state index contributed by atoms with van der Waals surface area (Å²) in [5.74, 6) is 0.288. The summed E-state index contributed by atoms with van der Waals surface area (Å²) in [7, 11) is 0. The van der Waals surface area contributed by atoms with Crippen LogP contribution in [0.4, 0.5) is 5.69 Å². The monoisotopic (exact) mass is 236 g/mol. The first kappa shape index (κ1) is 11.7. The van der Waals surface area contributed by atoms with E-state index in [-0.39, 0.29) is 18.2 Å². The van der Waals surface area contributed by atoms with Gasteiger partial charge in [0, 0.05) is 18.8 Å². The van der Waals surface area contributed by atoms with E-state index in [1.54, 1.807) is 29.2 Å². The second-order valence-corrected chi connectivity index (χ2v) is 3.89. The van der Waals surface area contributed by atoms with Gasteiger partial charge in [-0.05, 0) is 24.3 Å². The molecule has 2 N–H and O–H groups in total. The summed E-state index contributed by atoms with van der Waals surface area (Å²) in [5.41, 5.74) is 0.824. The summed E-state index contributed by atoms with van der Waals surface area (Å²) < 4.78 is 5.18. The number of carbonyl (C=O) groups is 1. The lowest BCUT2D eigenvalue weighted by atomic mass is 10.3. The number of morpholine rings is 1. The van der Waals surface area contributed by atoms with Gasteiger partial charge in [0.15, 0.2) is 0 Å². The molecule has 1 aliphatic rings. The number of carbonyl (C=O) groups excluding carboxylic acids is 1. The van der Waals surface area contributed by atoms with Gasteiger partial charge in [0.2, 0.25) is 5.91 Å². The van der Waals surface area contributed by atoms with Crippen LogP contribution in [0.3, 0.4) is 0 Å². The van der Waals surface area contributed by atoms with E-state index in [0.29, 0.717) is 26.3 Å². The van der Waals surface area contributed by atoms with E-state index >= 15 is 0 Å². The topological polar surface area (TPSA) is 61.8 Å². The largest absolute Gasteiger partial charge is 0.508 e. The SMILES string of the molecule is O=C(CNc1ccc(O)cc1)N1CCOCC1. The van der Waals surface area contributed by atoms with Gasteiger partial charge in [-0.2, -0.15) is 0 Å². The van der Waals surface area contributed by atoms with Crippen molar-refractivity contribution in [1.29, 1.82) is 0 Å². The number of nitrogens with one attached hydrogen (secondary N) is 1. The van der Waals surface area contributed by atoms with Crippen molar-refractivity contribution in [2.45, 2.75) is 0 Å². The van der Waals surface area contributed by atoms with Crippen molar-refractivity contribution in [2.24, 2.45) is 0 Å². The highest BCUT2D eigenvalue weighted by Gasteiger charge is 2.15.